The third-order valence-corrected chi connectivity index (χ3v) is 2.02. The molecule has 0 aliphatic carbocycles. The Kier molecular flexibility index (Phi) is 1.65. The minimum absolute atomic E-state index is 0.825. The largest absolute Gasteiger partial charge is 0.113 e. The number of fused-ring (bicyclic) bond motifs is 1. The van der Waals surface area contributed by atoms with Gasteiger partial charge in [0, 0.05) is 0 Å². The summed E-state index contributed by atoms with van der Waals surface area (Å²) in [7, 11) is 5.66. The van der Waals surface area contributed by atoms with Crippen LogP contribution in [0.4, 0.5) is 0 Å². The van der Waals surface area contributed by atoms with Crippen LogP contribution in [-0.2, 0) is 0 Å². The molecule has 2 rings (SSSR count). The van der Waals surface area contributed by atoms with Gasteiger partial charge in [0.15, 0.2) is 0 Å². The third-order valence-electron chi connectivity index (χ3n) is 2.02. The second-order valence-corrected chi connectivity index (χ2v) is 3.11. The Morgan fingerprint density at radius 1 is 0.917 bits per heavy atom. The summed E-state index contributed by atoms with van der Waals surface area (Å²) in [4.78, 5) is 0. The average molecular weight is 152 g/mol. The molecule has 0 saturated carbocycles. The fraction of sp³-hybridized carbons (Fsp3) is 0.0909. The zero-order valence-corrected chi connectivity index (χ0v) is 7.04. The highest BCUT2D eigenvalue weighted by Gasteiger charge is 1.92. The van der Waals surface area contributed by atoms with Crippen molar-refractivity contribution in [1.82, 2.24) is 0 Å². The molecule has 0 unspecified atom stereocenters. The molecule has 0 amide bonds. The van der Waals surface area contributed by atoms with Gasteiger partial charge in [0.25, 0.3) is 0 Å². The van der Waals surface area contributed by atoms with Crippen molar-refractivity contribution in [2.45, 2.75) is 6.92 Å². The molecule has 0 spiro atoms. The first-order chi connectivity index (χ1) is 5.75. The van der Waals surface area contributed by atoms with E-state index in [1.807, 2.05) is 12.1 Å². The van der Waals surface area contributed by atoms with Crippen LogP contribution in [0.5, 0.6) is 0 Å². The molecule has 0 nitrogen and oxygen atoms in total. The standard InChI is InChI=1S/C11H9B/c1-8-2-3-10-7-11(12)5-4-9(10)6-8/h2-7H,1H3. The van der Waals surface area contributed by atoms with Crippen LogP contribution in [0.1, 0.15) is 5.56 Å². The lowest BCUT2D eigenvalue weighted by Crippen LogP contribution is -1.99. The van der Waals surface area contributed by atoms with E-state index in [1.54, 1.807) is 0 Å². The van der Waals surface area contributed by atoms with Crippen LogP contribution < -0.4 is 5.46 Å². The minimum Gasteiger partial charge on any atom is -0.0960 e. The summed E-state index contributed by atoms with van der Waals surface area (Å²) in [6.45, 7) is 2.09. The topological polar surface area (TPSA) is 0 Å². The van der Waals surface area contributed by atoms with E-state index in [0.29, 0.717) is 0 Å². The maximum atomic E-state index is 5.66. The average Bonchev–Trinajstić information content (AvgIpc) is 2.05. The van der Waals surface area contributed by atoms with E-state index >= 15 is 0 Å². The van der Waals surface area contributed by atoms with E-state index in [1.165, 1.54) is 16.3 Å². The Morgan fingerprint density at radius 2 is 1.58 bits per heavy atom. The van der Waals surface area contributed by atoms with Gasteiger partial charge in [-0.05, 0) is 17.7 Å². The van der Waals surface area contributed by atoms with Crippen molar-refractivity contribution in [3.63, 3.8) is 0 Å². The zero-order chi connectivity index (χ0) is 8.55. The van der Waals surface area contributed by atoms with Gasteiger partial charge >= 0.3 is 0 Å². The highest BCUT2D eigenvalue weighted by Crippen LogP contribution is 2.13. The first kappa shape index (κ1) is 7.42. The number of benzene rings is 2. The van der Waals surface area contributed by atoms with Crippen LogP contribution in [0.2, 0.25) is 0 Å². The summed E-state index contributed by atoms with van der Waals surface area (Å²) in [5.74, 6) is 0. The highest BCUT2D eigenvalue weighted by atomic mass is 14.0. The summed E-state index contributed by atoms with van der Waals surface area (Å²) in [6.07, 6.45) is 0. The summed E-state index contributed by atoms with van der Waals surface area (Å²) < 4.78 is 0. The van der Waals surface area contributed by atoms with E-state index < -0.39 is 0 Å². The van der Waals surface area contributed by atoms with E-state index in [4.69, 9.17) is 7.85 Å². The minimum atomic E-state index is 0.825. The Balaban J connectivity index is 2.79. The molecule has 56 valence electrons. The van der Waals surface area contributed by atoms with Gasteiger partial charge < -0.3 is 0 Å². The van der Waals surface area contributed by atoms with Crippen LogP contribution >= 0.6 is 0 Å². The summed E-state index contributed by atoms with van der Waals surface area (Å²) in [5, 5.41) is 2.46. The highest BCUT2D eigenvalue weighted by molar-refractivity contribution is 6.33. The Hall–Kier alpha value is -1.24. The molecular weight excluding hydrogens is 143 g/mol. The van der Waals surface area contributed by atoms with Gasteiger partial charge in [-0.1, -0.05) is 47.4 Å². The number of aryl methyl sites for hydroxylation is 1. The molecule has 2 aromatic rings. The molecule has 0 saturated heterocycles. The first-order valence-electron chi connectivity index (χ1n) is 4.01. The van der Waals surface area contributed by atoms with E-state index in [9.17, 15) is 0 Å². The Bertz CT molecular complexity index is 377. The van der Waals surface area contributed by atoms with Gasteiger partial charge in [0.2, 0.25) is 0 Å². The van der Waals surface area contributed by atoms with Crippen molar-refractivity contribution in [1.29, 1.82) is 0 Å². The van der Waals surface area contributed by atoms with Gasteiger partial charge in [-0.3, -0.25) is 0 Å². The Morgan fingerprint density at radius 3 is 2.42 bits per heavy atom. The van der Waals surface area contributed by atoms with Crippen LogP contribution in [0, 0.1) is 6.92 Å². The Labute approximate surface area is 73.6 Å². The molecule has 2 radical (unpaired) electrons. The van der Waals surface area contributed by atoms with Crippen molar-refractivity contribution in [3.8, 4) is 0 Å². The lowest BCUT2D eigenvalue weighted by atomic mass is 9.93. The molecule has 0 aliphatic rings. The SMILES string of the molecule is [B]c1ccc2cc(C)ccc2c1. The predicted octanol–water partition coefficient (Wildman–Crippen LogP) is 1.94. The van der Waals surface area contributed by atoms with Crippen LogP contribution in [0.3, 0.4) is 0 Å². The fourth-order valence-corrected chi connectivity index (χ4v) is 1.38. The molecule has 2 aromatic carbocycles. The smallest absolute Gasteiger partial charge is 0.0960 e. The van der Waals surface area contributed by atoms with Crippen LogP contribution in [0.25, 0.3) is 10.8 Å². The molecule has 0 aromatic heterocycles. The predicted molar refractivity (Wildman–Crippen MR) is 54.1 cm³/mol. The number of hydrogen-bond acceptors (Lipinski definition) is 0. The van der Waals surface area contributed by atoms with Crippen LogP contribution in [0.15, 0.2) is 36.4 Å². The van der Waals surface area contributed by atoms with E-state index in [0.717, 1.165) is 5.46 Å². The molecule has 0 heterocycles. The number of rotatable bonds is 0. The molecule has 12 heavy (non-hydrogen) atoms. The lowest BCUT2D eigenvalue weighted by Gasteiger charge is -2.00. The maximum Gasteiger partial charge on any atom is 0.113 e. The fourth-order valence-electron chi connectivity index (χ4n) is 1.38. The molecular formula is C11H9B. The van der Waals surface area contributed by atoms with Crippen molar-refractivity contribution in [2.75, 3.05) is 0 Å². The van der Waals surface area contributed by atoms with Crippen molar-refractivity contribution in [2.24, 2.45) is 0 Å². The molecule has 0 N–H and O–H groups in total. The normalized spacial score (nSPS) is 10.4. The van der Waals surface area contributed by atoms with Crippen molar-refractivity contribution in [3.05, 3.63) is 42.0 Å². The lowest BCUT2D eigenvalue weighted by molar-refractivity contribution is 1.51. The maximum absolute atomic E-state index is 5.66. The molecule has 0 fully saturated rings. The van der Waals surface area contributed by atoms with Crippen LogP contribution in [-0.4, -0.2) is 7.85 Å². The molecule has 0 bridgehead atoms. The molecule has 1 heteroatoms. The second-order valence-electron chi connectivity index (χ2n) is 3.11. The number of hydrogen-bond donors (Lipinski definition) is 0. The summed E-state index contributed by atoms with van der Waals surface area (Å²) in [6, 6.07) is 12.3. The molecule has 0 aliphatic heterocycles. The van der Waals surface area contributed by atoms with E-state index in [-0.39, 0.29) is 0 Å². The van der Waals surface area contributed by atoms with Gasteiger partial charge in [0.05, 0.1) is 0 Å². The van der Waals surface area contributed by atoms with Gasteiger partial charge in [-0.2, -0.15) is 0 Å². The van der Waals surface area contributed by atoms with Crippen molar-refractivity contribution < 1.29 is 0 Å². The van der Waals surface area contributed by atoms with Crippen molar-refractivity contribution >= 4 is 24.1 Å². The monoisotopic (exact) mass is 152 g/mol. The quantitative estimate of drug-likeness (QED) is 0.506. The zero-order valence-electron chi connectivity index (χ0n) is 7.04. The third kappa shape index (κ3) is 1.23. The summed E-state index contributed by atoms with van der Waals surface area (Å²) in [5.41, 5.74) is 2.11. The molecule has 0 atom stereocenters. The first-order valence-corrected chi connectivity index (χ1v) is 4.01. The van der Waals surface area contributed by atoms with Gasteiger partial charge in [-0.15, -0.1) is 0 Å². The van der Waals surface area contributed by atoms with E-state index in [2.05, 4.69) is 31.2 Å². The summed E-state index contributed by atoms with van der Waals surface area (Å²) >= 11 is 0. The van der Waals surface area contributed by atoms with Gasteiger partial charge in [0.1, 0.15) is 7.85 Å². The van der Waals surface area contributed by atoms with Gasteiger partial charge in [-0.25, -0.2) is 0 Å². The second kappa shape index (κ2) is 2.67.